The van der Waals surface area contributed by atoms with E-state index in [9.17, 15) is 4.79 Å². The van der Waals surface area contributed by atoms with Gasteiger partial charge in [-0.3, -0.25) is 4.79 Å². The molecule has 0 saturated carbocycles. The molecule has 0 aliphatic carbocycles. The van der Waals surface area contributed by atoms with Crippen LogP contribution in [0.1, 0.15) is 36.5 Å². The van der Waals surface area contributed by atoms with Gasteiger partial charge in [0.15, 0.2) is 5.78 Å². The van der Waals surface area contributed by atoms with Gasteiger partial charge in [-0.05, 0) is 37.4 Å². The number of rotatable bonds is 4. The van der Waals surface area contributed by atoms with Crippen molar-refractivity contribution in [2.24, 2.45) is 11.8 Å². The molecule has 1 aromatic carbocycles. The van der Waals surface area contributed by atoms with Crippen molar-refractivity contribution >= 4 is 16.7 Å². The number of aromatic nitrogens is 1. The zero-order valence-electron chi connectivity index (χ0n) is 12.0. The van der Waals surface area contributed by atoms with E-state index in [4.69, 9.17) is 0 Å². The number of hydrogen-bond acceptors (Lipinski definition) is 2. The molecular weight excluding hydrogens is 248 g/mol. The summed E-state index contributed by atoms with van der Waals surface area (Å²) in [5.41, 5.74) is 1.90. The average Bonchev–Trinajstić information content (AvgIpc) is 2.92. The van der Waals surface area contributed by atoms with Crippen LogP contribution in [-0.2, 0) is 0 Å². The van der Waals surface area contributed by atoms with Crippen molar-refractivity contribution in [3.05, 3.63) is 36.0 Å². The fourth-order valence-electron chi connectivity index (χ4n) is 3.37. The first-order valence-electron chi connectivity index (χ1n) is 7.59. The van der Waals surface area contributed by atoms with Gasteiger partial charge in [-0.2, -0.15) is 0 Å². The fourth-order valence-corrected chi connectivity index (χ4v) is 3.37. The molecule has 3 rings (SSSR count). The molecule has 3 heteroatoms. The summed E-state index contributed by atoms with van der Waals surface area (Å²) < 4.78 is 0. The maximum atomic E-state index is 12.6. The lowest BCUT2D eigenvalue weighted by Crippen LogP contribution is -2.37. The van der Waals surface area contributed by atoms with Crippen LogP contribution in [-0.4, -0.2) is 23.9 Å². The fraction of sp³-hybridized carbons (Fsp3) is 0.471. The maximum Gasteiger partial charge on any atom is 0.165 e. The minimum absolute atomic E-state index is 0.285. The molecular formula is C17H22N2O. The topological polar surface area (TPSA) is 44.9 Å². The normalized spacial score (nSPS) is 23.1. The molecule has 1 saturated heterocycles. The minimum Gasteiger partial charge on any atom is -0.360 e. The Balaban J connectivity index is 1.78. The summed E-state index contributed by atoms with van der Waals surface area (Å²) in [6.07, 6.45) is 4.82. The summed E-state index contributed by atoms with van der Waals surface area (Å²) in [4.78, 5) is 15.8. The largest absolute Gasteiger partial charge is 0.360 e. The summed E-state index contributed by atoms with van der Waals surface area (Å²) in [5.74, 6) is 1.45. The van der Waals surface area contributed by atoms with Crippen LogP contribution in [0.4, 0.5) is 0 Å². The first kappa shape index (κ1) is 13.4. The summed E-state index contributed by atoms with van der Waals surface area (Å²) in [6, 6.07) is 8.03. The van der Waals surface area contributed by atoms with Crippen LogP contribution in [0.3, 0.4) is 0 Å². The van der Waals surface area contributed by atoms with Gasteiger partial charge in [0, 0.05) is 29.1 Å². The van der Waals surface area contributed by atoms with Crippen LogP contribution < -0.4 is 5.32 Å². The van der Waals surface area contributed by atoms with E-state index in [1.54, 1.807) is 0 Å². The third-order valence-corrected chi connectivity index (χ3v) is 4.63. The van der Waals surface area contributed by atoms with Crippen LogP contribution in [0.2, 0.25) is 0 Å². The van der Waals surface area contributed by atoms with Gasteiger partial charge < -0.3 is 10.3 Å². The number of carbonyl (C=O) groups is 1. The number of carbonyl (C=O) groups excluding carboxylic acids is 1. The van der Waals surface area contributed by atoms with Gasteiger partial charge in [-0.15, -0.1) is 0 Å². The van der Waals surface area contributed by atoms with Crippen molar-refractivity contribution < 1.29 is 4.79 Å². The molecule has 20 heavy (non-hydrogen) atoms. The number of ketones is 1. The highest BCUT2D eigenvalue weighted by molar-refractivity contribution is 6.07. The second-order valence-electron chi connectivity index (χ2n) is 5.80. The van der Waals surface area contributed by atoms with E-state index in [1.807, 2.05) is 30.5 Å². The van der Waals surface area contributed by atoms with E-state index in [0.717, 1.165) is 42.4 Å². The van der Waals surface area contributed by atoms with Gasteiger partial charge >= 0.3 is 0 Å². The Morgan fingerprint density at radius 2 is 2.15 bits per heavy atom. The van der Waals surface area contributed by atoms with Crippen LogP contribution in [0.25, 0.3) is 10.9 Å². The lowest BCUT2D eigenvalue weighted by Gasteiger charge is -2.31. The molecule has 1 aromatic heterocycles. The molecule has 106 valence electrons. The number of nitrogens with one attached hydrogen (secondary N) is 2. The quantitative estimate of drug-likeness (QED) is 0.837. The van der Waals surface area contributed by atoms with Crippen LogP contribution in [0, 0.1) is 11.8 Å². The standard InChI is InChI=1S/C17H22N2O/c1-2-12-10-18-8-7-13(12)9-17(20)15-11-19-16-6-4-3-5-14(15)16/h3-6,11-13,18-19H,2,7-10H2,1H3/t12-,13-/m0/s1. The highest BCUT2D eigenvalue weighted by Gasteiger charge is 2.26. The Morgan fingerprint density at radius 1 is 1.30 bits per heavy atom. The monoisotopic (exact) mass is 270 g/mol. The molecule has 2 aromatic rings. The second kappa shape index (κ2) is 5.80. The van der Waals surface area contributed by atoms with Crippen molar-refractivity contribution in [3.63, 3.8) is 0 Å². The third kappa shape index (κ3) is 2.50. The molecule has 2 atom stereocenters. The zero-order valence-corrected chi connectivity index (χ0v) is 12.0. The Labute approximate surface area is 119 Å². The first-order chi connectivity index (χ1) is 9.79. The van der Waals surface area contributed by atoms with E-state index in [0.29, 0.717) is 18.3 Å². The number of H-pyrrole nitrogens is 1. The van der Waals surface area contributed by atoms with E-state index in [1.165, 1.54) is 0 Å². The van der Waals surface area contributed by atoms with Gasteiger partial charge in [0.1, 0.15) is 0 Å². The van der Waals surface area contributed by atoms with Crippen molar-refractivity contribution in [3.8, 4) is 0 Å². The zero-order chi connectivity index (χ0) is 13.9. The summed E-state index contributed by atoms with van der Waals surface area (Å²) in [5, 5.41) is 4.49. The van der Waals surface area contributed by atoms with E-state index in [-0.39, 0.29) is 5.78 Å². The van der Waals surface area contributed by atoms with Crippen LogP contribution >= 0.6 is 0 Å². The molecule has 2 N–H and O–H groups in total. The van der Waals surface area contributed by atoms with E-state index in [2.05, 4.69) is 17.2 Å². The van der Waals surface area contributed by atoms with E-state index >= 15 is 0 Å². The molecule has 1 aliphatic rings. The van der Waals surface area contributed by atoms with Crippen molar-refractivity contribution in [2.45, 2.75) is 26.2 Å². The Hall–Kier alpha value is -1.61. The molecule has 3 nitrogen and oxygen atoms in total. The van der Waals surface area contributed by atoms with Crippen molar-refractivity contribution in [1.29, 1.82) is 0 Å². The van der Waals surface area contributed by atoms with E-state index < -0.39 is 0 Å². The van der Waals surface area contributed by atoms with Gasteiger partial charge in [-0.25, -0.2) is 0 Å². The number of hydrogen-bond donors (Lipinski definition) is 2. The number of aromatic amines is 1. The van der Waals surface area contributed by atoms with Crippen molar-refractivity contribution in [2.75, 3.05) is 13.1 Å². The van der Waals surface area contributed by atoms with Gasteiger partial charge in [0.2, 0.25) is 0 Å². The number of fused-ring (bicyclic) bond motifs is 1. The summed E-state index contributed by atoms with van der Waals surface area (Å²) in [7, 11) is 0. The third-order valence-electron chi connectivity index (χ3n) is 4.63. The number of Topliss-reactive ketones (excluding diaryl/α,β-unsaturated/α-hetero) is 1. The Bertz CT molecular complexity index is 602. The predicted octanol–water partition coefficient (Wildman–Crippen LogP) is 3.38. The molecule has 0 unspecified atom stereocenters. The van der Waals surface area contributed by atoms with Crippen LogP contribution in [0.15, 0.2) is 30.5 Å². The molecule has 0 bridgehead atoms. The lowest BCUT2D eigenvalue weighted by atomic mass is 9.80. The highest BCUT2D eigenvalue weighted by Crippen LogP contribution is 2.28. The van der Waals surface area contributed by atoms with Crippen molar-refractivity contribution in [1.82, 2.24) is 10.3 Å². The minimum atomic E-state index is 0.285. The Kier molecular flexibility index (Phi) is 3.88. The molecule has 1 fully saturated rings. The van der Waals surface area contributed by atoms with Gasteiger partial charge in [0.05, 0.1) is 0 Å². The number of piperidine rings is 1. The lowest BCUT2D eigenvalue weighted by molar-refractivity contribution is 0.0928. The SMILES string of the molecule is CC[C@H]1CNCC[C@H]1CC(=O)c1c[nH]c2ccccc12. The van der Waals surface area contributed by atoms with Gasteiger partial charge in [-0.1, -0.05) is 31.5 Å². The van der Waals surface area contributed by atoms with Crippen LogP contribution in [0.5, 0.6) is 0 Å². The summed E-state index contributed by atoms with van der Waals surface area (Å²) in [6.45, 7) is 4.32. The summed E-state index contributed by atoms with van der Waals surface area (Å²) >= 11 is 0. The molecule has 0 amide bonds. The van der Waals surface area contributed by atoms with Gasteiger partial charge in [0.25, 0.3) is 0 Å². The Morgan fingerprint density at radius 3 is 3.00 bits per heavy atom. The highest BCUT2D eigenvalue weighted by atomic mass is 16.1. The molecule has 0 spiro atoms. The first-order valence-corrected chi connectivity index (χ1v) is 7.59. The maximum absolute atomic E-state index is 12.6. The number of benzene rings is 1. The average molecular weight is 270 g/mol. The predicted molar refractivity (Wildman–Crippen MR) is 82.0 cm³/mol. The molecule has 2 heterocycles. The molecule has 0 radical (unpaired) electrons. The smallest absolute Gasteiger partial charge is 0.165 e. The molecule has 1 aliphatic heterocycles. The second-order valence-corrected chi connectivity index (χ2v) is 5.80. The number of para-hydroxylation sites is 1.